The zero-order valence-electron chi connectivity index (χ0n) is 18.5. The molecule has 1 saturated heterocycles. The highest BCUT2D eigenvalue weighted by Gasteiger charge is 2.34. The van der Waals surface area contributed by atoms with E-state index in [1.807, 2.05) is 18.2 Å². The fourth-order valence-corrected chi connectivity index (χ4v) is 6.29. The summed E-state index contributed by atoms with van der Waals surface area (Å²) in [5.41, 5.74) is 1.94. The van der Waals surface area contributed by atoms with E-state index in [1.165, 1.54) is 4.31 Å². The summed E-state index contributed by atoms with van der Waals surface area (Å²) >= 11 is 0.985. The molecule has 0 radical (unpaired) electrons. The molecule has 0 spiro atoms. The summed E-state index contributed by atoms with van der Waals surface area (Å²) in [6.07, 6.45) is 1.90. The smallest absolute Gasteiger partial charge is 0.245 e. The predicted octanol–water partition coefficient (Wildman–Crippen LogP) is 2.47. The summed E-state index contributed by atoms with van der Waals surface area (Å²) in [5.74, 6) is 0.758. The minimum atomic E-state index is -3.77. The third-order valence-corrected chi connectivity index (χ3v) is 8.22. The van der Waals surface area contributed by atoms with E-state index >= 15 is 0 Å². The van der Waals surface area contributed by atoms with E-state index in [9.17, 15) is 13.2 Å². The SMILES string of the molecule is COc1ccc(CCNC(=O)[C@H]2CCCN(S(=O)(=O)c3cccc4nsnc34)C2)cc1OC. The number of rotatable bonds is 8. The van der Waals surface area contributed by atoms with Crippen molar-refractivity contribution in [3.63, 3.8) is 0 Å². The van der Waals surface area contributed by atoms with Gasteiger partial charge in [0.1, 0.15) is 15.9 Å². The van der Waals surface area contributed by atoms with Crippen LogP contribution < -0.4 is 14.8 Å². The second-order valence-electron chi connectivity index (χ2n) is 7.82. The Hall–Kier alpha value is -2.76. The first-order valence-corrected chi connectivity index (χ1v) is 12.8. The van der Waals surface area contributed by atoms with Gasteiger partial charge in [-0.05, 0) is 49.1 Å². The molecule has 1 aliphatic rings. The number of sulfonamides is 1. The molecule has 176 valence electrons. The third-order valence-electron chi connectivity index (χ3n) is 5.78. The largest absolute Gasteiger partial charge is 0.493 e. The molecule has 0 bridgehead atoms. The molecule has 3 aromatic rings. The molecule has 33 heavy (non-hydrogen) atoms. The van der Waals surface area contributed by atoms with Crippen LogP contribution in [0.25, 0.3) is 11.0 Å². The van der Waals surface area contributed by atoms with Gasteiger partial charge in [0.25, 0.3) is 0 Å². The topological polar surface area (TPSA) is 111 Å². The summed E-state index contributed by atoms with van der Waals surface area (Å²) in [4.78, 5) is 12.9. The highest BCUT2D eigenvalue weighted by atomic mass is 32.2. The van der Waals surface area contributed by atoms with E-state index in [4.69, 9.17) is 9.47 Å². The maximum atomic E-state index is 13.3. The van der Waals surface area contributed by atoms with Gasteiger partial charge in [0.2, 0.25) is 15.9 Å². The number of carbonyl (C=O) groups is 1. The van der Waals surface area contributed by atoms with Gasteiger partial charge in [0, 0.05) is 19.6 Å². The zero-order valence-corrected chi connectivity index (χ0v) is 20.1. The molecule has 2 aromatic carbocycles. The Kier molecular flexibility index (Phi) is 7.11. The Morgan fingerprint density at radius 2 is 2.00 bits per heavy atom. The maximum absolute atomic E-state index is 13.3. The standard InChI is InChI=1S/C22H26N4O5S2/c1-30-18-9-8-15(13-19(18)31-2)10-11-23-22(27)16-5-4-12-26(14-16)33(28,29)20-7-3-6-17-21(20)25-32-24-17/h3,6-9,13,16H,4-5,10-12,14H2,1-2H3,(H,23,27)/t16-/m0/s1. The van der Waals surface area contributed by atoms with Crippen LogP contribution in [0.3, 0.4) is 0 Å². The minimum absolute atomic E-state index is 0.135. The number of hydrogen-bond acceptors (Lipinski definition) is 8. The lowest BCUT2D eigenvalue weighted by Gasteiger charge is -2.31. The maximum Gasteiger partial charge on any atom is 0.245 e. The number of nitrogens with zero attached hydrogens (tertiary/aromatic N) is 3. The first-order chi connectivity index (χ1) is 15.9. The van der Waals surface area contributed by atoms with Crippen molar-refractivity contribution in [3.8, 4) is 11.5 Å². The number of aromatic nitrogens is 2. The number of hydrogen-bond donors (Lipinski definition) is 1. The van der Waals surface area contributed by atoms with Gasteiger partial charge in [-0.15, -0.1) is 0 Å². The summed E-state index contributed by atoms with van der Waals surface area (Å²) in [6, 6.07) is 10.6. The lowest BCUT2D eigenvalue weighted by Crippen LogP contribution is -2.45. The van der Waals surface area contributed by atoms with Gasteiger partial charge in [0.15, 0.2) is 11.5 Å². The van der Waals surface area contributed by atoms with Crippen molar-refractivity contribution in [1.29, 1.82) is 0 Å². The fourth-order valence-electron chi connectivity index (χ4n) is 4.01. The molecule has 1 fully saturated rings. The quantitative estimate of drug-likeness (QED) is 0.516. The van der Waals surface area contributed by atoms with Gasteiger partial charge in [-0.3, -0.25) is 4.79 Å². The van der Waals surface area contributed by atoms with E-state index in [0.717, 1.165) is 17.3 Å². The molecule has 1 aromatic heterocycles. The van der Waals surface area contributed by atoms with Gasteiger partial charge in [-0.2, -0.15) is 13.1 Å². The van der Waals surface area contributed by atoms with E-state index in [1.54, 1.807) is 32.4 Å². The number of piperidine rings is 1. The van der Waals surface area contributed by atoms with Gasteiger partial charge in [0.05, 0.1) is 31.9 Å². The van der Waals surface area contributed by atoms with Crippen LogP contribution in [0, 0.1) is 5.92 Å². The number of benzene rings is 2. The van der Waals surface area contributed by atoms with Crippen molar-refractivity contribution >= 4 is 38.7 Å². The van der Waals surface area contributed by atoms with E-state index in [-0.39, 0.29) is 17.3 Å². The molecule has 4 rings (SSSR count). The average Bonchev–Trinajstić information content (AvgIpc) is 3.33. The Labute approximate surface area is 197 Å². The number of ether oxygens (including phenoxy) is 2. The van der Waals surface area contributed by atoms with Crippen molar-refractivity contribution in [1.82, 2.24) is 18.4 Å². The first-order valence-electron chi connectivity index (χ1n) is 10.6. The molecule has 0 saturated carbocycles. The number of fused-ring (bicyclic) bond motifs is 1. The van der Waals surface area contributed by atoms with Crippen molar-refractivity contribution in [3.05, 3.63) is 42.0 Å². The van der Waals surface area contributed by atoms with E-state index in [0.29, 0.717) is 54.9 Å². The Morgan fingerprint density at radius 3 is 2.79 bits per heavy atom. The van der Waals surface area contributed by atoms with Crippen molar-refractivity contribution in [2.24, 2.45) is 5.92 Å². The van der Waals surface area contributed by atoms with Crippen LogP contribution in [-0.4, -0.2) is 61.2 Å². The zero-order chi connectivity index (χ0) is 23.4. The first kappa shape index (κ1) is 23.4. The summed E-state index contributed by atoms with van der Waals surface area (Å²) in [5, 5.41) is 2.95. The molecule has 11 heteroatoms. The Morgan fingerprint density at radius 1 is 1.18 bits per heavy atom. The van der Waals surface area contributed by atoms with Crippen LogP contribution in [0.5, 0.6) is 11.5 Å². The highest BCUT2D eigenvalue weighted by Crippen LogP contribution is 2.29. The van der Waals surface area contributed by atoms with Gasteiger partial charge >= 0.3 is 0 Å². The van der Waals surface area contributed by atoms with Gasteiger partial charge < -0.3 is 14.8 Å². The predicted molar refractivity (Wildman–Crippen MR) is 125 cm³/mol. The fraction of sp³-hybridized carbons (Fsp3) is 0.409. The van der Waals surface area contributed by atoms with Crippen LogP contribution in [-0.2, 0) is 21.2 Å². The number of amides is 1. The van der Waals surface area contributed by atoms with Crippen LogP contribution in [0.4, 0.5) is 0 Å². The van der Waals surface area contributed by atoms with Gasteiger partial charge in [-0.1, -0.05) is 12.1 Å². The molecule has 1 aliphatic heterocycles. The molecule has 1 atom stereocenters. The van der Waals surface area contributed by atoms with E-state index in [2.05, 4.69) is 14.1 Å². The molecule has 1 N–H and O–H groups in total. The normalized spacial score (nSPS) is 17.1. The highest BCUT2D eigenvalue weighted by molar-refractivity contribution is 7.89. The van der Waals surface area contributed by atoms with Crippen molar-refractivity contribution in [2.75, 3.05) is 33.9 Å². The lowest BCUT2D eigenvalue weighted by molar-refractivity contribution is -0.126. The minimum Gasteiger partial charge on any atom is -0.493 e. The van der Waals surface area contributed by atoms with Crippen LogP contribution >= 0.6 is 11.7 Å². The molecule has 9 nitrogen and oxygen atoms in total. The molecule has 1 amide bonds. The molecular formula is C22H26N4O5S2. The Balaban J connectivity index is 1.38. The van der Waals surface area contributed by atoms with E-state index < -0.39 is 15.9 Å². The molecule has 2 heterocycles. The van der Waals surface area contributed by atoms with Crippen molar-refractivity contribution < 1.29 is 22.7 Å². The average molecular weight is 491 g/mol. The van der Waals surface area contributed by atoms with Gasteiger partial charge in [-0.25, -0.2) is 8.42 Å². The van der Waals surface area contributed by atoms with Crippen LogP contribution in [0.2, 0.25) is 0 Å². The third kappa shape index (κ3) is 4.94. The summed E-state index contributed by atoms with van der Waals surface area (Å²) < 4.78 is 46.8. The second kappa shape index (κ2) is 10.0. The van der Waals surface area contributed by atoms with Crippen LogP contribution in [0.15, 0.2) is 41.3 Å². The number of carbonyl (C=O) groups excluding carboxylic acids is 1. The Bertz CT molecular complexity index is 1240. The second-order valence-corrected chi connectivity index (χ2v) is 10.3. The molecular weight excluding hydrogens is 464 g/mol. The monoisotopic (exact) mass is 490 g/mol. The molecule has 0 aliphatic carbocycles. The van der Waals surface area contributed by atoms with Crippen LogP contribution in [0.1, 0.15) is 18.4 Å². The lowest BCUT2D eigenvalue weighted by atomic mass is 9.99. The number of nitrogens with one attached hydrogen (secondary N) is 1. The summed E-state index contributed by atoms with van der Waals surface area (Å²) in [7, 11) is -0.607. The van der Waals surface area contributed by atoms with Crippen molar-refractivity contribution in [2.45, 2.75) is 24.2 Å². The number of methoxy groups -OCH3 is 2. The molecule has 0 unspecified atom stereocenters. The summed E-state index contributed by atoms with van der Waals surface area (Å²) in [6.45, 7) is 0.978.